The summed E-state index contributed by atoms with van der Waals surface area (Å²) < 4.78 is 6.99. The van der Waals surface area contributed by atoms with Crippen molar-refractivity contribution in [2.45, 2.75) is 26.0 Å². The standard InChI is InChI=1S/C14H16BrNOS/c1-2-12(16)11-5-3-4-6-13(11)17-9-10-7-8-14(15)18-10/h3-8,12H,2,9,16H2,1H3/t12-/m1/s1. The van der Waals surface area contributed by atoms with Crippen LogP contribution in [0.2, 0.25) is 0 Å². The summed E-state index contributed by atoms with van der Waals surface area (Å²) in [6.45, 7) is 2.67. The van der Waals surface area contributed by atoms with Gasteiger partial charge in [0.25, 0.3) is 0 Å². The largest absolute Gasteiger partial charge is 0.488 e. The summed E-state index contributed by atoms with van der Waals surface area (Å²) >= 11 is 5.14. The van der Waals surface area contributed by atoms with Crippen LogP contribution >= 0.6 is 27.3 Å². The van der Waals surface area contributed by atoms with Gasteiger partial charge in [-0.1, -0.05) is 25.1 Å². The van der Waals surface area contributed by atoms with E-state index in [1.807, 2.05) is 30.3 Å². The average Bonchev–Trinajstić information content (AvgIpc) is 2.81. The van der Waals surface area contributed by atoms with Gasteiger partial charge in [-0.25, -0.2) is 0 Å². The van der Waals surface area contributed by atoms with E-state index in [0.717, 1.165) is 21.5 Å². The number of halogens is 1. The highest BCUT2D eigenvalue weighted by Gasteiger charge is 2.10. The Morgan fingerprint density at radius 1 is 1.28 bits per heavy atom. The summed E-state index contributed by atoms with van der Waals surface area (Å²) in [6.07, 6.45) is 0.908. The van der Waals surface area contributed by atoms with Crippen LogP contribution in [0.25, 0.3) is 0 Å². The first-order valence-corrected chi connectivity index (χ1v) is 7.53. The van der Waals surface area contributed by atoms with Crippen molar-refractivity contribution in [3.05, 3.63) is 50.6 Å². The minimum absolute atomic E-state index is 0.0382. The maximum Gasteiger partial charge on any atom is 0.124 e. The van der Waals surface area contributed by atoms with E-state index < -0.39 is 0 Å². The first-order valence-electron chi connectivity index (χ1n) is 5.92. The van der Waals surface area contributed by atoms with Crippen molar-refractivity contribution >= 4 is 27.3 Å². The van der Waals surface area contributed by atoms with Gasteiger partial charge in [0.15, 0.2) is 0 Å². The van der Waals surface area contributed by atoms with Crippen molar-refractivity contribution in [3.8, 4) is 5.75 Å². The highest BCUT2D eigenvalue weighted by Crippen LogP contribution is 2.28. The zero-order chi connectivity index (χ0) is 13.0. The van der Waals surface area contributed by atoms with Crippen LogP contribution in [0.4, 0.5) is 0 Å². The van der Waals surface area contributed by atoms with Gasteiger partial charge in [-0.15, -0.1) is 11.3 Å². The summed E-state index contributed by atoms with van der Waals surface area (Å²) in [4.78, 5) is 1.20. The fourth-order valence-corrected chi connectivity index (χ4v) is 3.11. The molecule has 0 aliphatic carbocycles. The van der Waals surface area contributed by atoms with Crippen molar-refractivity contribution in [3.63, 3.8) is 0 Å². The molecule has 0 unspecified atom stereocenters. The second-order valence-corrected chi connectivity index (χ2v) is 6.59. The lowest BCUT2D eigenvalue weighted by Gasteiger charge is -2.15. The Balaban J connectivity index is 2.09. The Hall–Kier alpha value is -0.840. The fraction of sp³-hybridized carbons (Fsp3) is 0.286. The smallest absolute Gasteiger partial charge is 0.124 e. The van der Waals surface area contributed by atoms with E-state index in [1.54, 1.807) is 11.3 Å². The lowest BCUT2D eigenvalue weighted by atomic mass is 10.0. The van der Waals surface area contributed by atoms with Gasteiger partial charge < -0.3 is 10.5 Å². The van der Waals surface area contributed by atoms with Crippen LogP contribution in [0.15, 0.2) is 40.2 Å². The molecule has 1 aromatic carbocycles. The lowest BCUT2D eigenvalue weighted by Crippen LogP contribution is -2.10. The molecule has 1 heterocycles. The number of nitrogens with two attached hydrogens (primary N) is 1. The van der Waals surface area contributed by atoms with Gasteiger partial charge in [0.2, 0.25) is 0 Å². The summed E-state index contributed by atoms with van der Waals surface area (Å²) in [5, 5.41) is 0. The monoisotopic (exact) mass is 325 g/mol. The van der Waals surface area contributed by atoms with Crippen molar-refractivity contribution < 1.29 is 4.74 Å². The zero-order valence-corrected chi connectivity index (χ0v) is 12.6. The molecule has 96 valence electrons. The van der Waals surface area contributed by atoms with E-state index in [-0.39, 0.29) is 6.04 Å². The number of rotatable bonds is 5. The Morgan fingerprint density at radius 3 is 2.72 bits per heavy atom. The second kappa shape index (κ2) is 6.36. The van der Waals surface area contributed by atoms with Crippen molar-refractivity contribution in [1.29, 1.82) is 0 Å². The molecule has 2 N–H and O–H groups in total. The molecule has 1 aromatic heterocycles. The average molecular weight is 326 g/mol. The number of ether oxygens (including phenoxy) is 1. The summed E-state index contributed by atoms with van der Waals surface area (Å²) in [5.74, 6) is 0.886. The first-order chi connectivity index (χ1) is 8.70. The summed E-state index contributed by atoms with van der Waals surface area (Å²) in [5.41, 5.74) is 7.16. The van der Waals surface area contributed by atoms with Crippen LogP contribution in [0.5, 0.6) is 5.75 Å². The van der Waals surface area contributed by atoms with Crippen molar-refractivity contribution in [2.24, 2.45) is 5.73 Å². The molecule has 0 aliphatic heterocycles. The Morgan fingerprint density at radius 2 is 2.06 bits per heavy atom. The molecule has 0 fully saturated rings. The molecular weight excluding hydrogens is 310 g/mol. The topological polar surface area (TPSA) is 35.2 Å². The normalized spacial score (nSPS) is 12.4. The van der Waals surface area contributed by atoms with E-state index in [9.17, 15) is 0 Å². The van der Waals surface area contributed by atoms with E-state index in [1.165, 1.54) is 4.88 Å². The van der Waals surface area contributed by atoms with Crippen LogP contribution in [0.3, 0.4) is 0 Å². The zero-order valence-electron chi connectivity index (χ0n) is 10.2. The Kier molecular flexibility index (Phi) is 4.80. The molecule has 0 saturated heterocycles. The van der Waals surface area contributed by atoms with E-state index >= 15 is 0 Å². The van der Waals surface area contributed by atoms with Gasteiger partial charge in [-0.05, 0) is 40.5 Å². The molecule has 2 rings (SSSR count). The van der Waals surface area contributed by atoms with Crippen LogP contribution in [0.1, 0.15) is 29.8 Å². The van der Waals surface area contributed by atoms with E-state index in [2.05, 4.69) is 28.9 Å². The minimum atomic E-state index is 0.0382. The maximum absolute atomic E-state index is 6.08. The molecule has 0 bridgehead atoms. The molecular formula is C14H16BrNOS. The highest BCUT2D eigenvalue weighted by atomic mass is 79.9. The number of thiophene rings is 1. The molecule has 2 aromatic rings. The van der Waals surface area contributed by atoms with Gasteiger partial charge in [-0.2, -0.15) is 0 Å². The fourth-order valence-electron chi connectivity index (χ4n) is 1.72. The van der Waals surface area contributed by atoms with Gasteiger partial charge in [-0.3, -0.25) is 0 Å². The summed E-state index contributed by atoms with van der Waals surface area (Å²) in [7, 11) is 0. The molecule has 1 atom stereocenters. The molecule has 0 radical (unpaired) electrons. The van der Waals surface area contributed by atoms with Crippen LogP contribution in [-0.4, -0.2) is 0 Å². The molecule has 0 spiro atoms. The van der Waals surface area contributed by atoms with Crippen LogP contribution < -0.4 is 10.5 Å². The number of benzene rings is 1. The number of hydrogen-bond donors (Lipinski definition) is 1. The van der Waals surface area contributed by atoms with Gasteiger partial charge in [0, 0.05) is 16.5 Å². The predicted octanol–water partition coefficient (Wildman–Crippen LogP) is 4.50. The lowest BCUT2D eigenvalue weighted by molar-refractivity contribution is 0.304. The molecule has 0 amide bonds. The van der Waals surface area contributed by atoms with Gasteiger partial charge >= 0.3 is 0 Å². The Labute approximate surface area is 120 Å². The quantitative estimate of drug-likeness (QED) is 0.878. The van der Waals surface area contributed by atoms with Crippen molar-refractivity contribution in [2.75, 3.05) is 0 Å². The molecule has 4 heteroatoms. The van der Waals surface area contributed by atoms with Crippen molar-refractivity contribution in [1.82, 2.24) is 0 Å². The van der Waals surface area contributed by atoms with Crippen LogP contribution in [0, 0.1) is 0 Å². The Bertz CT molecular complexity index is 512. The predicted molar refractivity (Wildman–Crippen MR) is 80.0 cm³/mol. The SMILES string of the molecule is CC[C@@H](N)c1ccccc1OCc1ccc(Br)s1. The highest BCUT2D eigenvalue weighted by molar-refractivity contribution is 9.11. The molecule has 18 heavy (non-hydrogen) atoms. The van der Waals surface area contributed by atoms with E-state index in [4.69, 9.17) is 10.5 Å². The minimum Gasteiger partial charge on any atom is -0.488 e. The number of hydrogen-bond acceptors (Lipinski definition) is 3. The van der Waals surface area contributed by atoms with Gasteiger partial charge in [0.1, 0.15) is 12.4 Å². The third-order valence-corrected chi connectivity index (χ3v) is 4.35. The molecule has 0 saturated carbocycles. The molecule has 0 aliphatic rings. The van der Waals surface area contributed by atoms with E-state index in [0.29, 0.717) is 6.61 Å². The maximum atomic E-state index is 6.08. The third kappa shape index (κ3) is 3.34. The molecule has 2 nitrogen and oxygen atoms in total. The third-order valence-electron chi connectivity index (χ3n) is 2.76. The van der Waals surface area contributed by atoms with Crippen LogP contribution in [-0.2, 0) is 6.61 Å². The summed E-state index contributed by atoms with van der Waals surface area (Å²) in [6, 6.07) is 12.1. The van der Waals surface area contributed by atoms with Gasteiger partial charge in [0.05, 0.1) is 3.79 Å². The first kappa shape index (κ1) is 13.6. The number of para-hydroxylation sites is 1. The second-order valence-electron chi connectivity index (χ2n) is 4.05.